The molecule has 0 atom stereocenters. The number of hydrogen-bond acceptors (Lipinski definition) is 2. The van der Waals surface area contributed by atoms with Crippen molar-refractivity contribution in [3.05, 3.63) is 194 Å². The summed E-state index contributed by atoms with van der Waals surface area (Å²) in [7, 11) is 0. The van der Waals surface area contributed by atoms with Crippen LogP contribution >= 0.6 is 0 Å². The minimum Gasteiger partial charge on any atom is -0.309 e. The summed E-state index contributed by atoms with van der Waals surface area (Å²) in [6.07, 6.45) is 0. The van der Waals surface area contributed by atoms with Crippen LogP contribution in [0.5, 0.6) is 0 Å². The van der Waals surface area contributed by atoms with Gasteiger partial charge in [0.2, 0.25) is 0 Å². The van der Waals surface area contributed by atoms with Crippen molar-refractivity contribution in [2.75, 3.05) is 0 Å². The van der Waals surface area contributed by atoms with Crippen LogP contribution in [0.4, 0.5) is 0 Å². The van der Waals surface area contributed by atoms with E-state index in [1.165, 1.54) is 66.0 Å². The summed E-state index contributed by atoms with van der Waals surface area (Å²) in [6, 6.07) is 69.6. The maximum atomic E-state index is 5.24. The van der Waals surface area contributed by atoms with Gasteiger partial charge in [0.1, 0.15) is 0 Å². The number of fused-ring (bicyclic) bond motifs is 11. The maximum absolute atomic E-state index is 5.24. The Hall–Kier alpha value is -7.56. The van der Waals surface area contributed by atoms with Crippen molar-refractivity contribution >= 4 is 43.6 Å². The minimum absolute atomic E-state index is 0.700. The van der Waals surface area contributed by atoms with Gasteiger partial charge in [0.05, 0.1) is 39.1 Å². The van der Waals surface area contributed by atoms with Crippen LogP contribution in [-0.2, 0) is 0 Å². The lowest BCUT2D eigenvalue weighted by Gasteiger charge is -2.13. The molecule has 0 aliphatic carbocycles. The van der Waals surface area contributed by atoms with E-state index in [9.17, 15) is 0 Å². The van der Waals surface area contributed by atoms with Crippen molar-refractivity contribution < 1.29 is 0 Å². The molecule has 0 bridgehead atoms. The summed E-state index contributed by atoms with van der Waals surface area (Å²) in [4.78, 5) is 10.4. The van der Waals surface area contributed by atoms with Gasteiger partial charge in [-0.05, 0) is 53.6 Å². The third kappa shape index (κ3) is 4.53. The molecule has 0 unspecified atom stereocenters. The van der Waals surface area contributed by atoms with E-state index >= 15 is 0 Å². The summed E-state index contributed by atoms with van der Waals surface area (Å²) >= 11 is 0. The van der Waals surface area contributed by atoms with Crippen molar-refractivity contribution in [2.45, 2.75) is 0 Å². The molecule has 0 saturated heterocycles. The lowest BCUT2D eigenvalue weighted by molar-refractivity contribution is 1.17. The molecule has 11 aromatic rings. The number of benzene rings is 8. The summed E-state index contributed by atoms with van der Waals surface area (Å²) in [5, 5.41) is 4.97. The Balaban J connectivity index is 1.05. The molecule has 0 fully saturated rings. The third-order valence-electron chi connectivity index (χ3n) is 11.5. The van der Waals surface area contributed by atoms with E-state index in [2.05, 4.69) is 185 Å². The van der Waals surface area contributed by atoms with Crippen LogP contribution in [0.3, 0.4) is 0 Å². The molecule has 0 spiro atoms. The number of para-hydroxylation sites is 4. The van der Waals surface area contributed by atoms with Crippen molar-refractivity contribution in [3.63, 3.8) is 0 Å². The van der Waals surface area contributed by atoms with E-state index in [1.807, 2.05) is 18.2 Å². The van der Waals surface area contributed by atoms with E-state index in [0.29, 0.717) is 5.82 Å². The van der Waals surface area contributed by atoms with Gasteiger partial charge in [0.15, 0.2) is 5.82 Å². The first-order valence-electron chi connectivity index (χ1n) is 19.1. The second kappa shape index (κ2) is 12.0. The highest BCUT2D eigenvalue weighted by atomic mass is 15.0. The van der Waals surface area contributed by atoms with Crippen LogP contribution in [0, 0.1) is 0 Å². The zero-order chi connectivity index (χ0) is 36.7. The summed E-state index contributed by atoms with van der Waals surface area (Å²) in [5.74, 6) is 0.700. The van der Waals surface area contributed by atoms with Crippen LogP contribution in [0.1, 0.15) is 0 Å². The molecule has 4 heterocycles. The molecule has 1 aliphatic heterocycles. The van der Waals surface area contributed by atoms with E-state index in [4.69, 9.17) is 9.97 Å². The van der Waals surface area contributed by atoms with E-state index < -0.39 is 0 Å². The highest BCUT2D eigenvalue weighted by molar-refractivity contribution is 6.17. The Morgan fingerprint density at radius 3 is 1.62 bits per heavy atom. The molecule has 0 amide bonds. The minimum atomic E-state index is 0.700. The average molecular weight is 713 g/mol. The van der Waals surface area contributed by atoms with Crippen LogP contribution in [0.2, 0.25) is 0 Å². The molecule has 1 aliphatic rings. The molecule has 3 aromatic heterocycles. The van der Waals surface area contributed by atoms with Gasteiger partial charge in [-0.25, -0.2) is 9.97 Å². The van der Waals surface area contributed by atoms with Crippen molar-refractivity contribution in [3.8, 4) is 67.5 Å². The van der Waals surface area contributed by atoms with Crippen molar-refractivity contribution in [1.29, 1.82) is 0 Å². The van der Waals surface area contributed by atoms with Crippen molar-refractivity contribution in [1.82, 2.24) is 19.1 Å². The highest BCUT2D eigenvalue weighted by Crippen LogP contribution is 2.47. The first-order valence-corrected chi connectivity index (χ1v) is 19.1. The second-order valence-corrected chi connectivity index (χ2v) is 14.6. The fourth-order valence-corrected chi connectivity index (χ4v) is 8.98. The Labute approximate surface area is 323 Å². The summed E-state index contributed by atoms with van der Waals surface area (Å²) in [5.41, 5.74) is 16.9. The Bertz CT molecular complexity index is 3300. The van der Waals surface area contributed by atoms with Crippen LogP contribution in [-0.4, -0.2) is 19.1 Å². The van der Waals surface area contributed by atoms with Gasteiger partial charge in [-0.3, -0.25) is 0 Å². The first kappa shape index (κ1) is 30.9. The molecule has 0 saturated carbocycles. The largest absolute Gasteiger partial charge is 0.309 e. The van der Waals surface area contributed by atoms with Crippen molar-refractivity contribution in [2.24, 2.45) is 0 Å². The number of aromatic nitrogens is 4. The predicted octanol–water partition coefficient (Wildman–Crippen LogP) is 13.3. The molecular weight excluding hydrogens is 681 g/mol. The zero-order valence-electron chi connectivity index (χ0n) is 30.3. The molecular formula is C52H32N4. The monoisotopic (exact) mass is 712 g/mol. The van der Waals surface area contributed by atoms with Crippen LogP contribution in [0.25, 0.3) is 111 Å². The maximum Gasteiger partial charge on any atom is 0.160 e. The van der Waals surface area contributed by atoms with Gasteiger partial charge in [-0.2, -0.15) is 0 Å². The van der Waals surface area contributed by atoms with Crippen LogP contribution < -0.4 is 0 Å². The molecule has 260 valence electrons. The first-order chi connectivity index (χ1) is 27.8. The van der Waals surface area contributed by atoms with Gasteiger partial charge in [0.25, 0.3) is 0 Å². The van der Waals surface area contributed by atoms with Gasteiger partial charge in [0, 0.05) is 55.0 Å². The fourth-order valence-electron chi connectivity index (χ4n) is 8.98. The van der Waals surface area contributed by atoms with Gasteiger partial charge in [-0.1, -0.05) is 152 Å². The average Bonchev–Trinajstić information content (AvgIpc) is 3.75. The smallest absolute Gasteiger partial charge is 0.160 e. The number of hydrogen-bond donors (Lipinski definition) is 0. The van der Waals surface area contributed by atoms with E-state index in [-0.39, 0.29) is 0 Å². The van der Waals surface area contributed by atoms with E-state index in [1.54, 1.807) is 0 Å². The lowest BCUT2D eigenvalue weighted by Crippen LogP contribution is -1.98. The fraction of sp³-hybridized carbons (Fsp3) is 0. The predicted molar refractivity (Wildman–Crippen MR) is 231 cm³/mol. The third-order valence-corrected chi connectivity index (χ3v) is 11.5. The zero-order valence-corrected chi connectivity index (χ0v) is 30.3. The Morgan fingerprint density at radius 1 is 0.321 bits per heavy atom. The molecule has 8 aromatic carbocycles. The topological polar surface area (TPSA) is 35.6 Å². The second-order valence-electron chi connectivity index (χ2n) is 14.6. The summed E-state index contributed by atoms with van der Waals surface area (Å²) in [6.45, 7) is 0. The molecule has 4 heteroatoms. The standard InChI is InChI=1S/C52H32N4/c1-2-13-34(14-3-1)52-53-45(33-25-28-36(29-26-33)55-47-22-9-7-18-40(47)41-19-8-10-23-48(41)55)32-46(54-52)35-27-30-42-44-21-12-20-43-38-16-5-4-15-37(38)39-17-6-11-24-49(39)56(51(43)44)50(42)31-35/h1-32H. The quantitative estimate of drug-likeness (QED) is 0.182. The lowest BCUT2D eigenvalue weighted by atomic mass is 9.93. The summed E-state index contributed by atoms with van der Waals surface area (Å²) < 4.78 is 4.81. The number of rotatable bonds is 4. The van der Waals surface area contributed by atoms with Gasteiger partial charge >= 0.3 is 0 Å². The Kier molecular flexibility index (Phi) is 6.60. The molecule has 12 rings (SSSR count). The number of nitrogens with zero attached hydrogens (tertiary/aromatic N) is 4. The normalized spacial score (nSPS) is 11.9. The van der Waals surface area contributed by atoms with Gasteiger partial charge < -0.3 is 9.13 Å². The molecule has 56 heavy (non-hydrogen) atoms. The highest BCUT2D eigenvalue weighted by Gasteiger charge is 2.24. The van der Waals surface area contributed by atoms with E-state index in [0.717, 1.165) is 39.3 Å². The SMILES string of the molecule is c1ccc(-c2nc(-c3ccc(-n4c5ccccc5c5ccccc54)cc3)cc(-c3ccc4c5cccc6c5n(c4c3)-c3ccccc3-c3ccccc3-6)n2)cc1. The molecule has 4 nitrogen and oxygen atoms in total. The molecule has 0 radical (unpaired) electrons. The van der Waals surface area contributed by atoms with Gasteiger partial charge in [-0.15, -0.1) is 0 Å². The van der Waals surface area contributed by atoms with Crippen LogP contribution in [0.15, 0.2) is 194 Å². The molecule has 0 N–H and O–H groups in total. The Morgan fingerprint density at radius 2 is 0.875 bits per heavy atom.